The minimum Gasteiger partial charge on any atom is -0.466 e. The summed E-state index contributed by atoms with van der Waals surface area (Å²) in [7, 11) is 1.93. The second-order valence-corrected chi connectivity index (χ2v) is 8.71. The van der Waals surface area contributed by atoms with Crippen molar-refractivity contribution in [1.82, 2.24) is 14.7 Å². The molecule has 6 nitrogen and oxygen atoms in total. The van der Waals surface area contributed by atoms with Gasteiger partial charge >= 0.3 is 5.97 Å². The monoisotopic (exact) mass is 437 g/mol. The van der Waals surface area contributed by atoms with E-state index < -0.39 is 5.41 Å². The number of benzene rings is 1. The van der Waals surface area contributed by atoms with E-state index in [0.717, 1.165) is 35.4 Å². The standard InChI is InChI=1S/C26H35N3O3/c1-5-32-25(31)26(16-9-13-22-11-7-6-8-12-22)17-10-18-29(19-26)24(30)15-14-23-20(2)27-28(4)21(23)3/h6-9,11-13H,5,10,14-19H2,1-4H3/b13-9+/t26-/m1/s1. The first kappa shape index (κ1) is 23.8. The molecule has 172 valence electrons. The second-order valence-electron chi connectivity index (χ2n) is 8.71. The zero-order valence-electron chi connectivity index (χ0n) is 19.8. The Morgan fingerprint density at radius 3 is 2.62 bits per heavy atom. The number of rotatable bonds is 8. The molecule has 0 N–H and O–H groups in total. The zero-order valence-corrected chi connectivity index (χ0v) is 19.8. The molecule has 0 aliphatic carbocycles. The van der Waals surface area contributed by atoms with E-state index in [9.17, 15) is 9.59 Å². The lowest BCUT2D eigenvalue weighted by Gasteiger charge is -2.40. The normalized spacial score (nSPS) is 18.8. The molecule has 1 aliphatic heterocycles. The first-order chi connectivity index (χ1) is 15.4. The van der Waals surface area contributed by atoms with Gasteiger partial charge in [0.1, 0.15) is 0 Å². The summed E-state index contributed by atoms with van der Waals surface area (Å²) in [5, 5.41) is 4.45. The fourth-order valence-corrected chi connectivity index (χ4v) is 4.60. The first-order valence-corrected chi connectivity index (χ1v) is 11.5. The number of hydrogen-bond acceptors (Lipinski definition) is 4. The van der Waals surface area contributed by atoms with Crippen molar-refractivity contribution in [3.63, 3.8) is 0 Å². The van der Waals surface area contributed by atoms with Crippen LogP contribution in [0, 0.1) is 19.3 Å². The van der Waals surface area contributed by atoms with E-state index >= 15 is 0 Å². The van der Waals surface area contributed by atoms with Crippen molar-refractivity contribution >= 4 is 18.0 Å². The molecule has 1 amide bonds. The number of allylic oxidation sites excluding steroid dienone is 1. The van der Waals surface area contributed by atoms with E-state index in [1.54, 1.807) is 0 Å². The Labute approximate surface area is 191 Å². The number of likely N-dealkylation sites (tertiary alicyclic amines) is 1. The van der Waals surface area contributed by atoms with Crippen LogP contribution in [0.1, 0.15) is 55.1 Å². The molecule has 1 aromatic carbocycles. The van der Waals surface area contributed by atoms with Gasteiger partial charge < -0.3 is 9.64 Å². The number of piperidine rings is 1. The summed E-state index contributed by atoms with van der Waals surface area (Å²) in [5.74, 6) is -0.109. The number of aromatic nitrogens is 2. The van der Waals surface area contributed by atoms with Crippen molar-refractivity contribution in [2.75, 3.05) is 19.7 Å². The maximum atomic E-state index is 13.1. The highest BCUT2D eigenvalue weighted by atomic mass is 16.5. The van der Waals surface area contributed by atoms with E-state index in [2.05, 4.69) is 5.10 Å². The third kappa shape index (κ3) is 5.47. The van der Waals surface area contributed by atoms with Crippen LogP contribution in [-0.2, 0) is 27.8 Å². The van der Waals surface area contributed by atoms with Crippen LogP contribution in [0.5, 0.6) is 0 Å². The summed E-state index contributed by atoms with van der Waals surface area (Å²) in [6, 6.07) is 10.0. The molecule has 1 aliphatic rings. The van der Waals surface area contributed by atoms with Crippen LogP contribution >= 0.6 is 0 Å². The minimum absolute atomic E-state index is 0.0908. The highest BCUT2D eigenvalue weighted by Gasteiger charge is 2.43. The molecule has 1 aromatic heterocycles. The van der Waals surface area contributed by atoms with Crippen LogP contribution in [0.3, 0.4) is 0 Å². The van der Waals surface area contributed by atoms with Crippen molar-refractivity contribution in [2.24, 2.45) is 12.5 Å². The van der Waals surface area contributed by atoms with Gasteiger partial charge in [0.15, 0.2) is 0 Å². The van der Waals surface area contributed by atoms with Crippen LogP contribution in [0.2, 0.25) is 0 Å². The van der Waals surface area contributed by atoms with Crippen molar-refractivity contribution < 1.29 is 14.3 Å². The van der Waals surface area contributed by atoms with Crippen molar-refractivity contribution in [3.8, 4) is 0 Å². The molecule has 0 spiro atoms. The Morgan fingerprint density at radius 2 is 1.97 bits per heavy atom. The van der Waals surface area contributed by atoms with E-state index in [1.165, 1.54) is 0 Å². The molecule has 0 radical (unpaired) electrons. The Kier molecular flexibility index (Phi) is 7.89. The van der Waals surface area contributed by atoms with Gasteiger partial charge in [0.25, 0.3) is 0 Å². The fraction of sp³-hybridized carbons (Fsp3) is 0.500. The maximum absolute atomic E-state index is 13.1. The van der Waals surface area contributed by atoms with Gasteiger partial charge in [-0.1, -0.05) is 42.5 Å². The van der Waals surface area contributed by atoms with Crippen molar-refractivity contribution in [3.05, 3.63) is 58.9 Å². The molecular weight excluding hydrogens is 402 g/mol. The smallest absolute Gasteiger partial charge is 0.314 e. The topological polar surface area (TPSA) is 64.4 Å². The first-order valence-electron chi connectivity index (χ1n) is 11.5. The number of aryl methyl sites for hydroxylation is 2. The number of amides is 1. The molecule has 1 fully saturated rings. The molecule has 0 saturated carbocycles. The third-order valence-corrected chi connectivity index (χ3v) is 6.50. The Bertz CT molecular complexity index is 964. The molecule has 32 heavy (non-hydrogen) atoms. The predicted molar refractivity (Wildman–Crippen MR) is 126 cm³/mol. The number of esters is 1. The lowest BCUT2D eigenvalue weighted by Crippen LogP contribution is -2.50. The molecule has 6 heteroatoms. The average Bonchev–Trinajstić information content (AvgIpc) is 3.04. The SMILES string of the molecule is CCOC(=O)[C@]1(C/C=C/c2ccccc2)CCCN(C(=O)CCc2c(C)nn(C)c2C)C1. The third-order valence-electron chi connectivity index (χ3n) is 6.50. The van der Waals surface area contributed by atoms with Gasteiger partial charge in [0.05, 0.1) is 17.7 Å². The summed E-state index contributed by atoms with van der Waals surface area (Å²) >= 11 is 0. The number of carbonyl (C=O) groups is 2. The van der Waals surface area contributed by atoms with Gasteiger partial charge in [-0.2, -0.15) is 5.10 Å². The molecule has 0 bridgehead atoms. The molecule has 2 aromatic rings. The maximum Gasteiger partial charge on any atom is 0.314 e. The molecule has 2 heterocycles. The average molecular weight is 438 g/mol. The number of ether oxygens (including phenoxy) is 1. The predicted octanol–water partition coefficient (Wildman–Crippen LogP) is 4.24. The van der Waals surface area contributed by atoms with Crippen LogP contribution < -0.4 is 0 Å². The van der Waals surface area contributed by atoms with E-state index in [0.29, 0.717) is 39.0 Å². The van der Waals surface area contributed by atoms with Gasteiger partial charge in [0.2, 0.25) is 5.91 Å². The lowest BCUT2D eigenvalue weighted by atomic mass is 9.76. The molecule has 0 unspecified atom stereocenters. The van der Waals surface area contributed by atoms with Gasteiger partial charge in [-0.25, -0.2) is 0 Å². The van der Waals surface area contributed by atoms with Crippen LogP contribution in [0.25, 0.3) is 6.08 Å². The van der Waals surface area contributed by atoms with Crippen molar-refractivity contribution in [1.29, 1.82) is 0 Å². The highest BCUT2D eigenvalue weighted by molar-refractivity contribution is 5.81. The summed E-state index contributed by atoms with van der Waals surface area (Å²) < 4.78 is 7.32. The van der Waals surface area contributed by atoms with E-state index in [-0.39, 0.29) is 11.9 Å². The van der Waals surface area contributed by atoms with Crippen LogP contribution in [-0.4, -0.2) is 46.3 Å². The molecule has 1 atom stereocenters. The Balaban J connectivity index is 1.70. The molecule has 1 saturated heterocycles. The van der Waals surface area contributed by atoms with Crippen LogP contribution in [0.4, 0.5) is 0 Å². The Hall–Kier alpha value is -2.89. The summed E-state index contributed by atoms with van der Waals surface area (Å²) in [4.78, 5) is 27.9. The largest absolute Gasteiger partial charge is 0.466 e. The van der Waals surface area contributed by atoms with Gasteiger partial charge in [0, 0.05) is 32.3 Å². The zero-order chi connectivity index (χ0) is 23.1. The van der Waals surface area contributed by atoms with Gasteiger partial charge in [-0.3, -0.25) is 14.3 Å². The second kappa shape index (κ2) is 10.6. The molecule has 3 rings (SSSR count). The van der Waals surface area contributed by atoms with Crippen molar-refractivity contribution in [2.45, 2.75) is 52.9 Å². The summed E-state index contributed by atoms with van der Waals surface area (Å²) in [6.07, 6.45) is 7.27. The van der Waals surface area contributed by atoms with Gasteiger partial charge in [-0.05, 0) is 57.6 Å². The van der Waals surface area contributed by atoms with Crippen LogP contribution in [0.15, 0.2) is 36.4 Å². The fourth-order valence-electron chi connectivity index (χ4n) is 4.60. The highest BCUT2D eigenvalue weighted by Crippen LogP contribution is 2.36. The van der Waals surface area contributed by atoms with E-state index in [1.807, 2.05) is 79.9 Å². The lowest BCUT2D eigenvalue weighted by molar-refractivity contribution is -0.160. The number of nitrogens with zero attached hydrogens (tertiary/aromatic N) is 3. The molecular formula is C26H35N3O3. The Morgan fingerprint density at radius 1 is 1.22 bits per heavy atom. The minimum atomic E-state index is -0.685. The van der Waals surface area contributed by atoms with E-state index in [4.69, 9.17) is 4.74 Å². The number of hydrogen-bond donors (Lipinski definition) is 0. The summed E-state index contributed by atoms with van der Waals surface area (Å²) in [5.41, 5.74) is 3.62. The quantitative estimate of drug-likeness (QED) is 0.580. The van der Waals surface area contributed by atoms with Gasteiger partial charge in [-0.15, -0.1) is 0 Å². The summed E-state index contributed by atoms with van der Waals surface area (Å²) in [6.45, 7) is 7.29. The number of carbonyl (C=O) groups excluding carboxylic acids is 2.